The molecule has 12 heavy (non-hydrogen) atoms. The number of halogens is 3. The lowest BCUT2D eigenvalue weighted by atomic mass is 9.95. The molecule has 1 atom stereocenters. The molecule has 0 aromatic heterocycles. The van der Waals surface area contributed by atoms with Gasteiger partial charge in [0.05, 0.1) is 5.92 Å². The fraction of sp³-hybridized carbons (Fsp3) is 1.00. The molecule has 0 amide bonds. The number of alkyl halides is 3. The molecule has 0 aliphatic carbocycles. The molecule has 0 bridgehead atoms. The second-order valence-corrected chi connectivity index (χ2v) is 3.62. The maximum absolute atomic E-state index is 12.2. The van der Waals surface area contributed by atoms with Crippen molar-refractivity contribution in [1.82, 2.24) is 0 Å². The summed E-state index contributed by atoms with van der Waals surface area (Å²) in [6.07, 6.45) is -2.85. The minimum atomic E-state index is -4.00. The lowest BCUT2D eigenvalue weighted by Crippen LogP contribution is -2.22. The third-order valence-corrected chi connectivity index (χ3v) is 2.05. The minimum absolute atomic E-state index is 0.205. The smallest absolute Gasteiger partial charge is 0.171 e. The molecule has 0 rings (SSSR count). The largest absolute Gasteiger partial charge is 0.391 e. The molecule has 0 aliphatic heterocycles. The Balaban J connectivity index is 3.84. The van der Waals surface area contributed by atoms with Crippen LogP contribution in [0.5, 0.6) is 0 Å². The third kappa shape index (κ3) is 4.62. The molecule has 0 nitrogen and oxygen atoms in total. The van der Waals surface area contributed by atoms with E-state index in [1.54, 1.807) is 6.92 Å². The highest BCUT2D eigenvalue weighted by Gasteiger charge is 2.37. The van der Waals surface area contributed by atoms with Crippen molar-refractivity contribution in [3.8, 4) is 0 Å². The standard InChI is InChI=1S/C9H17F3/c1-4-8(9(10,11)12)6-5-7(2)3/h7-8H,4-6H2,1-3H3/t8-/m0/s1. The van der Waals surface area contributed by atoms with Gasteiger partial charge in [0.15, 0.2) is 0 Å². The SMILES string of the molecule is CC[C@@H](CCC(C)C)C(F)(F)F. The first-order chi connectivity index (χ1) is 5.38. The van der Waals surface area contributed by atoms with Gasteiger partial charge < -0.3 is 0 Å². The first-order valence-electron chi connectivity index (χ1n) is 4.44. The topological polar surface area (TPSA) is 0 Å². The summed E-state index contributed by atoms with van der Waals surface area (Å²) in [5.74, 6) is -0.735. The molecule has 0 fully saturated rings. The van der Waals surface area contributed by atoms with Gasteiger partial charge in [0.2, 0.25) is 0 Å². The van der Waals surface area contributed by atoms with E-state index in [-0.39, 0.29) is 12.8 Å². The van der Waals surface area contributed by atoms with Crippen molar-refractivity contribution in [2.75, 3.05) is 0 Å². The van der Waals surface area contributed by atoms with Crippen LogP contribution in [0.25, 0.3) is 0 Å². The molecular formula is C9H17F3. The molecule has 0 N–H and O–H groups in total. The zero-order chi connectivity index (χ0) is 9.78. The highest BCUT2D eigenvalue weighted by atomic mass is 19.4. The van der Waals surface area contributed by atoms with Gasteiger partial charge in [0.25, 0.3) is 0 Å². The number of rotatable bonds is 4. The second-order valence-electron chi connectivity index (χ2n) is 3.62. The summed E-state index contributed by atoms with van der Waals surface area (Å²) in [4.78, 5) is 0. The van der Waals surface area contributed by atoms with Gasteiger partial charge in [0, 0.05) is 0 Å². The molecule has 0 aromatic carbocycles. The van der Waals surface area contributed by atoms with Crippen LogP contribution in [0.2, 0.25) is 0 Å². The van der Waals surface area contributed by atoms with E-state index in [0.717, 1.165) is 0 Å². The van der Waals surface area contributed by atoms with E-state index in [1.807, 2.05) is 13.8 Å². The Labute approximate surface area is 72.2 Å². The molecule has 0 aliphatic rings. The van der Waals surface area contributed by atoms with E-state index in [1.165, 1.54) is 0 Å². The van der Waals surface area contributed by atoms with Crippen molar-refractivity contribution in [2.45, 2.75) is 46.2 Å². The Morgan fingerprint density at radius 3 is 1.83 bits per heavy atom. The molecule has 74 valence electrons. The summed E-state index contributed by atoms with van der Waals surface area (Å²) in [6.45, 7) is 5.49. The van der Waals surface area contributed by atoms with Gasteiger partial charge in [-0.2, -0.15) is 13.2 Å². The summed E-state index contributed by atoms with van der Waals surface area (Å²) in [7, 11) is 0. The van der Waals surface area contributed by atoms with Crippen LogP contribution in [-0.4, -0.2) is 6.18 Å². The fourth-order valence-corrected chi connectivity index (χ4v) is 1.13. The van der Waals surface area contributed by atoms with Gasteiger partial charge in [-0.15, -0.1) is 0 Å². The zero-order valence-corrected chi connectivity index (χ0v) is 7.91. The van der Waals surface area contributed by atoms with Crippen LogP contribution in [0.15, 0.2) is 0 Å². The van der Waals surface area contributed by atoms with Crippen LogP contribution in [0, 0.1) is 11.8 Å². The van der Waals surface area contributed by atoms with Crippen LogP contribution < -0.4 is 0 Å². The monoisotopic (exact) mass is 182 g/mol. The summed E-state index contributed by atoms with van der Waals surface area (Å²) >= 11 is 0. The maximum atomic E-state index is 12.2. The highest BCUT2D eigenvalue weighted by Crippen LogP contribution is 2.32. The van der Waals surface area contributed by atoms with Gasteiger partial charge in [-0.3, -0.25) is 0 Å². The van der Waals surface area contributed by atoms with E-state index in [2.05, 4.69) is 0 Å². The minimum Gasteiger partial charge on any atom is -0.171 e. The van der Waals surface area contributed by atoms with Crippen molar-refractivity contribution in [3.63, 3.8) is 0 Å². The molecule has 0 saturated heterocycles. The van der Waals surface area contributed by atoms with Crippen molar-refractivity contribution in [3.05, 3.63) is 0 Å². The van der Waals surface area contributed by atoms with Crippen LogP contribution in [0.1, 0.15) is 40.0 Å². The highest BCUT2D eigenvalue weighted by molar-refractivity contribution is 4.66. The first-order valence-corrected chi connectivity index (χ1v) is 4.44. The third-order valence-electron chi connectivity index (χ3n) is 2.05. The van der Waals surface area contributed by atoms with Crippen molar-refractivity contribution in [1.29, 1.82) is 0 Å². The molecule has 0 heterocycles. The van der Waals surface area contributed by atoms with Gasteiger partial charge in [0.1, 0.15) is 0 Å². The van der Waals surface area contributed by atoms with Crippen LogP contribution in [-0.2, 0) is 0 Å². The Hall–Kier alpha value is -0.210. The summed E-state index contributed by atoms with van der Waals surface area (Å²) < 4.78 is 36.5. The van der Waals surface area contributed by atoms with E-state index in [9.17, 15) is 13.2 Å². The van der Waals surface area contributed by atoms with E-state index in [0.29, 0.717) is 12.3 Å². The van der Waals surface area contributed by atoms with Gasteiger partial charge >= 0.3 is 6.18 Å². The van der Waals surface area contributed by atoms with Gasteiger partial charge in [-0.25, -0.2) is 0 Å². The van der Waals surface area contributed by atoms with Crippen molar-refractivity contribution in [2.24, 2.45) is 11.8 Å². The predicted molar refractivity (Wildman–Crippen MR) is 43.9 cm³/mol. The first kappa shape index (κ1) is 11.8. The lowest BCUT2D eigenvalue weighted by molar-refractivity contribution is -0.177. The quantitative estimate of drug-likeness (QED) is 0.616. The average molecular weight is 182 g/mol. The van der Waals surface area contributed by atoms with E-state index in [4.69, 9.17) is 0 Å². The molecule has 3 heteroatoms. The molecule has 0 saturated carbocycles. The van der Waals surface area contributed by atoms with Crippen molar-refractivity contribution < 1.29 is 13.2 Å². The lowest BCUT2D eigenvalue weighted by Gasteiger charge is -2.19. The molecular weight excluding hydrogens is 165 g/mol. The van der Waals surface area contributed by atoms with Crippen LogP contribution in [0.4, 0.5) is 13.2 Å². The second kappa shape index (κ2) is 4.73. The number of hydrogen-bond donors (Lipinski definition) is 0. The van der Waals surface area contributed by atoms with Crippen molar-refractivity contribution >= 4 is 0 Å². The number of hydrogen-bond acceptors (Lipinski definition) is 0. The van der Waals surface area contributed by atoms with Crippen LogP contribution in [0.3, 0.4) is 0 Å². The normalized spacial score (nSPS) is 15.2. The fourth-order valence-electron chi connectivity index (χ4n) is 1.13. The van der Waals surface area contributed by atoms with Gasteiger partial charge in [-0.05, 0) is 18.8 Å². The van der Waals surface area contributed by atoms with E-state index < -0.39 is 12.1 Å². The summed E-state index contributed by atoms with van der Waals surface area (Å²) in [6, 6.07) is 0. The molecule has 0 unspecified atom stereocenters. The molecule has 0 spiro atoms. The molecule has 0 radical (unpaired) electrons. The zero-order valence-electron chi connectivity index (χ0n) is 7.91. The Morgan fingerprint density at radius 1 is 1.08 bits per heavy atom. The Morgan fingerprint density at radius 2 is 1.58 bits per heavy atom. The predicted octanol–water partition coefficient (Wildman–Crippen LogP) is 4.01. The van der Waals surface area contributed by atoms with Gasteiger partial charge in [-0.1, -0.05) is 27.2 Å². The maximum Gasteiger partial charge on any atom is 0.391 e. The summed E-state index contributed by atoms with van der Waals surface area (Å²) in [5, 5.41) is 0. The summed E-state index contributed by atoms with van der Waals surface area (Å²) in [5.41, 5.74) is 0. The Bertz CT molecular complexity index is 115. The van der Waals surface area contributed by atoms with Crippen LogP contribution >= 0.6 is 0 Å². The average Bonchev–Trinajstić information content (AvgIpc) is 1.85. The molecule has 0 aromatic rings. The Kier molecular flexibility index (Phi) is 4.64. The van der Waals surface area contributed by atoms with E-state index >= 15 is 0 Å².